The molecule has 1 rings (SSSR count). The Balaban J connectivity index is 3.01. The fourth-order valence-electron chi connectivity index (χ4n) is 1.55. The molecule has 2 N–H and O–H groups in total. The maximum absolute atomic E-state index is 6.30. The first kappa shape index (κ1) is 16.1. The van der Waals surface area contributed by atoms with Crippen molar-refractivity contribution in [2.75, 3.05) is 13.7 Å². The number of benzene rings is 1. The van der Waals surface area contributed by atoms with Crippen LogP contribution in [-0.2, 0) is 6.42 Å². The van der Waals surface area contributed by atoms with Crippen LogP contribution in [0.25, 0.3) is 0 Å². The lowest BCUT2D eigenvalue weighted by molar-refractivity contribution is 0.385. The van der Waals surface area contributed by atoms with Crippen LogP contribution in [0.5, 0.6) is 11.5 Å². The number of hydrogen-bond donors (Lipinski definition) is 1. The standard InChI is InChI=1S/C15H27NO2Si/c1-15(2,3)19(5,6)18-13-8-7-12(9-10-16)11-14(13)17-4/h7-8,11H,9-10,16H2,1-6H3. The fourth-order valence-corrected chi connectivity index (χ4v) is 2.57. The number of ether oxygens (including phenoxy) is 1. The lowest BCUT2D eigenvalue weighted by atomic mass is 10.1. The van der Waals surface area contributed by atoms with Crippen molar-refractivity contribution in [1.82, 2.24) is 0 Å². The zero-order valence-electron chi connectivity index (χ0n) is 13.0. The third-order valence-electron chi connectivity index (χ3n) is 3.83. The first-order valence-corrected chi connectivity index (χ1v) is 9.68. The van der Waals surface area contributed by atoms with Gasteiger partial charge in [-0.05, 0) is 48.8 Å². The molecule has 0 spiro atoms. The zero-order valence-corrected chi connectivity index (χ0v) is 14.0. The van der Waals surface area contributed by atoms with Gasteiger partial charge in [0.15, 0.2) is 5.75 Å². The first-order valence-electron chi connectivity index (χ1n) is 6.77. The molecule has 19 heavy (non-hydrogen) atoms. The van der Waals surface area contributed by atoms with E-state index in [1.54, 1.807) is 7.11 Å². The molecule has 0 radical (unpaired) electrons. The molecule has 0 amide bonds. The Morgan fingerprint density at radius 1 is 1.16 bits per heavy atom. The number of rotatable bonds is 5. The molecule has 0 aliphatic rings. The summed E-state index contributed by atoms with van der Waals surface area (Å²) in [6, 6.07) is 6.09. The van der Waals surface area contributed by atoms with Gasteiger partial charge in [0.1, 0.15) is 5.75 Å². The summed E-state index contributed by atoms with van der Waals surface area (Å²) in [5.41, 5.74) is 6.77. The van der Waals surface area contributed by atoms with Crippen molar-refractivity contribution in [3.8, 4) is 11.5 Å². The van der Waals surface area contributed by atoms with Gasteiger partial charge in [0.2, 0.25) is 0 Å². The third kappa shape index (κ3) is 3.98. The Morgan fingerprint density at radius 3 is 2.26 bits per heavy atom. The van der Waals surface area contributed by atoms with E-state index in [-0.39, 0.29) is 5.04 Å². The lowest BCUT2D eigenvalue weighted by Crippen LogP contribution is -2.43. The molecular formula is C15H27NO2Si. The molecule has 0 fully saturated rings. The molecule has 0 unspecified atom stereocenters. The molecule has 1 aromatic rings. The molecule has 1 aromatic carbocycles. The van der Waals surface area contributed by atoms with Crippen LogP contribution in [0, 0.1) is 0 Å². The first-order chi connectivity index (χ1) is 8.71. The molecule has 0 saturated carbocycles. The highest BCUT2D eigenvalue weighted by Crippen LogP contribution is 2.40. The van der Waals surface area contributed by atoms with Crippen LogP contribution in [0.1, 0.15) is 26.3 Å². The SMILES string of the molecule is COc1cc(CCN)ccc1O[Si](C)(C)C(C)(C)C. The summed E-state index contributed by atoms with van der Waals surface area (Å²) in [6.45, 7) is 11.8. The van der Waals surface area contributed by atoms with Gasteiger partial charge in [-0.2, -0.15) is 0 Å². The Morgan fingerprint density at radius 2 is 1.79 bits per heavy atom. The molecule has 0 aromatic heterocycles. The van der Waals surface area contributed by atoms with Crippen molar-refractivity contribution >= 4 is 8.32 Å². The molecule has 108 valence electrons. The minimum absolute atomic E-state index is 0.175. The monoisotopic (exact) mass is 281 g/mol. The van der Waals surface area contributed by atoms with E-state index in [9.17, 15) is 0 Å². The Labute approximate surface area is 118 Å². The van der Waals surface area contributed by atoms with Crippen LogP contribution in [-0.4, -0.2) is 22.0 Å². The molecular weight excluding hydrogens is 254 g/mol. The van der Waals surface area contributed by atoms with Crippen LogP contribution in [0.4, 0.5) is 0 Å². The second-order valence-corrected chi connectivity index (χ2v) is 11.1. The van der Waals surface area contributed by atoms with Gasteiger partial charge in [0, 0.05) is 0 Å². The molecule has 0 saturated heterocycles. The second-order valence-electron chi connectivity index (χ2n) is 6.39. The van der Waals surface area contributed by atoms with Crippen molar-refractivity contribution in [1.29, 1.82) is 0 Å². The maximum Gasteiger partial charge on any atom is 0.250 e. The van der Waals surface area contributed by atoms with E-state index in [1.165, 1.54) is 5.56 Å². The predicted molar refractivity (Wildman–Crippen MR) is 83.6 cm³/mol. The average molecular weight is 281 g/mol. The Bertz CT molecular complexity index is 425. The quantitative estimate of drug-likeness (QED) is 0.839. The van der Waals surface area contributed by atoms with Crippen molar-refractivity contribution < 1.29 is 9.16 Å². The number of methoxy groups -OCH3 is 1. The van der Waals surface area contributed by atoms with E-state index in [0.29, 0.717) is 6.54 Å². The third-order valence-corrected chi connectivity index (χ3v) is 8.17. The fraction of sp³-hybridized carbons (Fsp3) is 0.600. The van der Waals surface area contributed by atoms with Crippen molar-refractivity contribution in [2.24, 2.45) is 5.73 Å². The van der Waals surface area contributed by atoms with E-state index in [1.807, 2.05) is 12.1 Å². The predicted octanol–water partition coefficient (Wildman–Crippen LogP) is 3.58. The van der Waals surface area contributed by atoms with Gasteiger partial charge in [0.05, 0.1) is 7.11 Å². The van der Waals surface area contributed by atoms with E-state index < -0.39 is 8.32 Å². The van der Waals surface area contributed by atoms with Gasteiger partial charge >= 0.3 is 0 Å². The van der Waals surface area contributed by atoms with E-state index in [0.717, 1.165) is 17.9 Å². The topological polar surface area (TPSA) is 44.5 Å². The highest BCUT2D eigenvalue weighted by molar-refractivity contribution is 6.74. The summed E-state index contributed by atoms with van der Waals surface area (Å²) < 4.78 is 11.8. The van der Waals surface area contributed by atoms with E-state index in [4.69, 9.17) is 14.9 Å². The average Bonchev–Trinajstić information content (AvgIpc) is 2.29. The number of nitrogens with two attached hydrogens (primary N) is 1. The highest BCUT2D eigenvalue weighted by Gasteiger charge is 2.39. The summed E-state index contributed by atoms with van der Waals surface area (Å²) in [5, 5.41) is 0.175. The Hall–Kier alpha value is -1.00. The van der Waals surface area contributed by atoms with Gasteiger partial charge in [-0.3, -0.25) is 0 Å². The van der Waals surface area contributed by atoms with Gasteiger partial charge in [-0.1, -0.05) is 26.8 Å². The van der Waals surface area contributed by atoms with Gasteiger partial charge in [-0.15, -0.1) is 0 Å². The molecule has 4 heteroatoms. The molecule has 3 nitrogen and oxygen atoms in total. The zero-order chi connectivity index (χ0) is 14.7. The molecule has 0 bridgehead atoms. The minimum Gasteiger partial charge on any atom is -0.541 e. The number of hydrogen-bond acceptors (Lipinski definition) is 3. The van der Waals surface area contributed by atoms with E-state index in [2.05, 4.69) is 39.9 Å². The smallest absolute Gasteiger partial charge is 0.250 e. The van der Waals surface area contributed by atoms with Crippen LogP contribution in [0.2, 0.25) is 18.1 Å². The van der Waals surface area contributed by atoms with Crippen LogP contribution < -0.4 is 14.9 Å². The van der Waals surface area contributed by atoms with Crippen molar-refractivity contribution in [3.63, 3.8) is 0 Å². The van der Waals surface area contributed by atoms with E-state index >= 15 is 0 Å². The Kier molecular flexibility index (Phi) is 5.04. The van der Waals surface area contributed by atoms with Crippen molar-refractivity contribution in [2.45, 2.75) is 45.3 Å². The van der Waals surface area contributed by atoms with Gasteiger partial charge in [0.25, 0.3) is 8.32 Å². The minimum atomic E-state index is -1.83. The molecule has 0 aliphatic heterocycles. The largest absolute Gasteiger partial charge is 0.541 e. The van der Waals surface area contributed by atoms with Gasteiger partial charge in [-0.25, -0.2) is 0 Å². The molecule has 0 heterocycles. The van der Waals surface area contributed by atoms with Gasteiger partial charge < -0.3 is 14.9 Å². The maximum atomic E-state index is 6.30. The summed E-state index contributed by atoms with van der Waals surface area (Å²) >= 11 is 0. The summed E-state index contributed by atoms with van der Waals surface area (Å²) in [7, 11) is -0.153. The summed E-state index contributed by atoms with van der Waals surface area (Å²) in [5.74, 6) is 1.64. The van der Waals surface area contributed by atoms with Crippen LogP contribution >= 0.6 is 0 Å². The van der Waals surface area contributed by atoms with Crippen molar-refractivity contribution in [3.05, 3.63) is 23.8 Å². The summed E-state index contributed by atoms with van der Waals surface area (Å²) in [6.07, 6.45) is 0.858. The normalized spacial score (nSPS) is 12.4. The van der Waals surface area contributed by atoms with Crippen LogP contribution in [0.3, 0.4) is 0 Å². The lowest BCUT2D eigenvalue weighted by Gasteiger charge is -2.36. The van der Waals surface area contributed by atoms with Crippen LogP contribution in [0.15, 0.2) is 18.2 Å². The highest BCUT2D eigenvalue weighted by atomic mass is 28.4. The molecule has 0 aliphatic carbocycles. The second kappa shape index (κ2) is 5.97. The molecule has 0 atom stereocenters. The summed E-state index contributed by atoms with van der Waals surface area (Å²) in [4.78, 5) is 0.